The minimum absolute atomic E-state index is 1.05. The highest BCUT2D eigenvalue weighted by molar-refractivity contribution is 14.1. The van der Waals surface area contributed by atoms with Crippen LogP contribution in [0.2, 0.25) is 0 Å². The van der Waals surface area contributed by atoms with E-state index >= 15 is 0 Å². The predicted molar refractivity (Wildman–Crippen MR) is 57.4 cm³/mol. The molecule has 2 rings (SSSR count). The topological polar surface area (TPSA) is 17.3 Å². The lowest BCUT2D eigenvalue weighted by atomic mass is 10.3. The van der Waals surface area contributed by atoms with Gasteiger partial charge in [0.2, 0.25) is 0 Å². The molecule has 0 saturated carbocycles. The maximum Gasteiger partial charge on any atom is 0.127 e. The zero-order chi connectivity index (χ0) is 8.72. The summed E-state index contributed by atoms with van der Waals surface area (Å²) in [6.07, 6.45) is 2.11. The Morgan fingerprint density at radius 2 is 2.08 bits per heavy atom. The van der Waals surface area contributed by atoms with Gasteiger partial charge < -0.3 is 4.40 Å². The summed E-state index contributed by atoms with van der Waals surface area (Å²) < 4.78 is 3.20. The summed E-state index contributed by atoms with van der Waals surface area (Å²) >= 11 is 2.26. The Labute approximate surface area is 84.8 Å². The summed E-state index contributed by atoms with van der Waals surface area (Å²) in [5, 5.41) is 0. The van der Waals surface area contributed by atoms with Gasteiger partial charge in [-0.1, -0.05) is 6.07 Å². The van der Waals surface area contributed by atoms with E-state index < -0.39 is 0 Å². The molecule has 0 radical (unpaired) electrons. The average Bonchev–Trinajstić information content (AvgIpc) is 2.28. The molecule has 2 aromatic rings. The molecule has 0 N–H and O–H groups in total. The fourth-order valence-corrected chi connectivity index (χ4v) is 2.08. The van der Waals surface area contributed by atoms with E-state index in [-0.39, 0.29) is 0 Å². The monoisotopic (exact) mass is 272 g/mol. The fourth-order valence-electron chi connectivity index (χ4n) is 1.30. The van der Waals surface area contributed by atoms with E-state index in [2.05, 4.69) is 57.2 Å². The van der Waals surface area contributed by atoms with E-state index in [1.54, 1.807) is 0 Å². The first kappa shape index (κ1) is 8.04. The first-order valence-corrected chi connectivity index (χ1v) is 4.87. The van der Waals surface area contributed by atoms with Gasteiger partial charge in [0.1, 0.15) is 9.53 Å². The quantitative estimate of drug-likeness (QED) is 0.674. The second kappa shape index (κ2) is 2.73. The van der Waals surface area contributed by atoms with Gasteiger partial charge in [-0.15, -0.1) is 0 Å². The lowest BCUT2D eigenvalue weighted by Gasteiger charge is -1.97. The van der Waals surface area contributed by atoms with Crippen LogP contribution in [0.25, 0.3) is 5.52 Å². The van der Waals surface area contributed by atoms with Crippen molar-refractivity contribution in [3.63, 3.8) is 0 Å². The van der Waals surface area contributed by atoms with Crippen LogP contribution in [-0.2, 0) is 0 Å². The van der Waals surface area contributed by atoms with Crippen LogP contribution in [0.3, 0.4) is 0 Å². The minimum atomic E-state index is 1.05. The molecule has 0 atom stereocenters. The Morgan fingerprint density at radius 3 is 2.83 bits per heavy atom. The molecule has 12 heavy (non-hydrogen) atoms. The van der Waals surface area contributed by atoms with Crippen LogP contribution in [0.4, 0.5) is 0 Å². The van der Waals surface area contributed by atoms with E-state index in [0.717, 1.165) is 9.53 Å². The molecule has 2 aromatic heterocycles. The number of rotatable bonds is 0. The van der Waals surface area contributed by atoms with E-state index in [1.807, 2.05) is 6.92 Å². The summed E-state index contributed by atoms with van der Waals surface area (Å²) in [7, 11) is 0. The highest BCUT2D eigenvalue weighted by atomic mass is 127. The Hall–Kier alpha value is -0.580. The van der Waals surface area contributed by atoms with Gasteiger partial charge in [-0.2, -0.15) is 0 Å². The Balaban J connectivity index is 2.90. The normalized spacial score (nSPS) is 10.9. The van der Waals surface area contributed by atoms with Crippen LogP contribution in [0.5, 0.6) is 0 Å². The first-order chi connectivity index (χ1) is 5.68. The number of nitrogens with zero attached hydrogens (tertiary/aromatic N) is 2. The summed E-state index contributed by atoms with van der Waals surface area (Å²) in [5.41, 5.74) is 2.46. The second-order valence-electron chi connectivity index (χ2n) is 2.91. The minimum Gasteiger partial charge on any atom is -0.303 e. The lowest BCUT2D eigenvalue weighted by Crippen LogP contribution is -1.87. The van der Waals surface area contributed by atoms with Crippen LogP contribution < -0.4 is 0 Å². The molecule has 0 amide bonds. The number of pyridine rings is 1. The van der Waals surface area contributed by atoms with E-state index in [9.17, 15) is 0 Å². The second-order valence-corrected chi connectivity index (χ2v) is 3.93. The number of hydrogen-bond acceptors (Lipinski definition) is 1. The molecule has 0 fully saturated rings. The molecule has 0 unspecified atom stereocenters. The number of fused-ring (bicyclic) bond motifs is 1. The number of imidazole rings is 1. The van der Waals surface area contributed by atoms with Crippen molar-refractivity contribution in [2.24, 2.45) is 0 Å². The highest BCUT2D eigenvalue weighted by Gasteiger charge is 2.03. The maximum absolute atomic E-state index is 4.38. The molecule has 0 aromatic carbocycles. The van der Waals surface area contributed by atoms with Crippen molar-refractivity contribution in [3.05, 3.63) is 33.4 Å². The van der Waals surface area contributed by atoms with Gasteiger partial charge >= 0.3 is 0 Å². The third-order valence-electron chi connectivity index (χ3n) is 1.92. The lowest BCUT2D eigenvalue weighted by molar-refractivity contribution is 1.03. The molecule has 0 saturated heterocycles. The van der Waals surface area contributed by atoms with Crippen LogP contribution in [0.15, 0.2) is 18.3 Å². The zero-order valence-electron chi connectivity index (χ0n) is 7.00. The maximum atomic E-state index is 4.38. The fraction of sp³-hybridized carbons (Fsp3) is 0.222. The summed E-state index contributed by atoms with van der Waals surface area (Å²) in [4.78, 5) is 4.38. The van der Waals surface area contributed by atoms with Crippen molar-refractivity contribution in [2.75, 3.05) is 0 Å². The SMILES string of the molecule is Cc1ccc2c(I)nc(C)n2c1. The molecule has 0 aliphatic rings. The van der Waals surface area contributed by atoms with E-state index in [0.29, 0.717) is 0 Å². The van der Waals surface area contributed by atoms with Gasteiger partial charge in [0.25, 0.3) is 0 Å². The smallest absolute Gasteiger partial charge is 0.127 e. The molecular weight excluding hydrogens is 263 g/mol. The number of aromatic nitrogens is 2. The Kier molecular flexibility index (Phi) is 1.83. The Bertz CT molecular complexity index is 431. The molecule has 3 heteroatoms. The van der Waals surface area contributed by atoms with Crippen molar-refractivity contribution in [2.45, 2.75) is 13.8 Å². The van der Waals surface area contributed by atoms with Crippen LogP contribution in [-0.4, -0.2) is 9.38 Å². The zero-order valence-corrected chi connectivity index (χ0v) is 9.16. The van der Waals surface area contributed by atoms with Gasteiger partial charge in [-0.25, -0.2) is 4.98 Å². The first-order valence-electron chi connectivity index (χ1n) is 3.79. The van der Waals surface area contributed by atoms with Gasteiger partial charge in [0.15, 0.2) is 0 Å². The number of hydrogen-bond donors (Lipinski definition) is 0. The van der Waals surface area contributed by atoms with Gasteiger partial charge in [0, 0.05) is 6.20 Å². The van der Waals surface area contributed by atoms with Gasteiger partial charge in [-0.3, -0.25) is 0 Å². The predicted octanol–water partition coefficient (Wildman–Crippen LogP) is 2.56. The van der Waals surface area contributed by atoms with Crippen molar-refractivity contribution < 1.29 is 0 Å². The highest BCUT2D eigenvalue weighted by Crippen LogP contribution is 2.15. The molecular formula is C9H9IN2. The molecule has 0 bridgehead atoms. The molecule has 2 heterocycles. The third kappa shape index (κ3) is 1.12. The van der Waals surface area contributed by atoms with Gasteiger partial charge in [-0.05, 0) is 48.1 Å². The van der Waals surface area contributed by atoms with Gasteiger partial charge in [0.05, 0.1) is 5.52 Å². The van der Waals surface area contributed by atoms with Crippen molar-refractivity contribution >= 4 is 28.1 Å². The van der Waals surface area contributed by atoms with Crippen LogP contribution in [0, 0.1) is 17.5 Å². The van der Waals surface area contributed by atoms with Crippen LogP contribution in [0.1, 0.15) is 11.4 Å². The van der Waals surface area contributed by atoms with E-state index in [1.165, 1.54) is 11.1 Å². The summed E-state index contributed by atoms with van der Waals surface area (Å²) in [5.74, 6) is 1.05. The average molecular weight is 272 g/mol. The van der Waals surface area contributed by atoms with Crippen molar-refractivity contribution in [3.8, 4) is 0 Å². The van der Waals surface area contributed by atoms with Crippen LogP contribution >= 0.6 is 22.6 Å². The summed E-state index contributed by atoms with van der Waals surface area (Å²) in [6.45, 7) is 4.11. The van der Waals surface area contributed by atoms with Crippen molar-refractivity contribution in [1.29, 1.82) is 0 Å². The standard InChI is InChI=1S/C9H9IN2/c1-6-3-4-8-9(10)11-7(2)12(8)5-6/h3-5H,1-2H3. The number of aryl methyl sites for hydroxylation is 2. The largest absolute Gasteiger partial charge is 0.303 e. The Morgan fingerprint density at radius 1 is 1.33 bits per heavy atom. The number of halogens is 1. The molecule has 2 nitrogen and oxygen atoms in total. The molecule has 62 valence electrons. The molecule has 0 spiro atoms. The third-order valence-corrected chi connectivity index (χ3v) is 2.71. The molecule has 0 aliphatic carbocycles. The summed E-state index contributed by atoms with van der Waals surface area (Å²) in [6, 6.07) is 4.22. The van der Waals surface area contributed by atoms with E-state index in [4.69, 9.17) is 0 Å². The van der Waals surface area contributed by atoms with Crippen molar-refractivity contribution in [1.82, 2.24) is 9.38 Å². The molecule has 0 aliphatic heterocycles.